The first-order valence-electron chi connectivity index (χ1n) is 11.9. The minimum Gasteiger partial charge on any atom is -0.491 e. The van der Waals surface area contributed by atoms with Crippen molar-refractivity contribution in [2.75, 3.05) is 37.7 Å². The van der Waals surface area contributed by atoms with Crippen LogP contribution in [0.2, 0.25) is 10.0 Å². The topological polar surface area (TPSA) is 89.3 Å². The molecule has 192 valence electrons. The van der Waals surface area contributed by atoms with Gasteiger partial charge in [-0.2, -0.15) is 0 Å². The molecule has 0 radical (unpaired) electrons. The molecule has 0 bridgehead atoms. The lowest BCUT2D eigenvalue weighted by atomic mass is 10.0. The van der Waals surface area contributed by atoms with Crippen LogP contribution in [0.15, 0.2) is 60.8 Å². The smallest absolute Gasteiger partial charge is 0.121 e. The second-order valence-corrected chi connectivity index (χ2v) is 9.89. The van der Waals surface area contributed by atoms with Crippen molar-refractivity contribution in [1.29, 1.82) is 0 Å². The van der Waals surface area contributed by atoms with Crippen LogP contribution < -0.4 is 9.64 Å². The number of benzene rings is 2. The second-order valence-electron chi connectivity index (χ2n) is 9.05. The van der Waals surface area contributed by atoms with E-state index >= 15 is 0 Å². The van der Waals surface area contributed by atoms with Crippen LogP contribution in [0.4, 0.5) is 5.69 Å². The first kappa shape index (κ1) is 26.7. The number of β-amino-alcohol motifs (C(OH)–C–C–N with tert-alkyl or cyclic N) is 1. The molecule has 0 unspecified atom stereocenters. The number of piperazine rings is 1. The van der Waals surface area contributed by atoms with E-state index in [1.807, 2.05) is 36.4 Å². The van der Waals surface area contributed by atoms with Crippen LogP contribution in [0.5, 0.6) is 5.75 Å². The predicted molar refractivity (Wildman–Crippen MR) is 142 cm³/mol. The first-order valence-corrected chi connectivity index (χ1v) is 12.7. The number of anilines is 1. The van der Waals surface area contributed by atoms with E-state index in [1.165, 1.54) is 0 Å². The Morgan fingerprint density at radius 1 is 1.06 bits per heavy atom. The van der Waals surface area contributed by atoms with E-state index in [0.29, 0.717) is 46.7 Å². The molecule has 1 aliphatic rings. The lowest BCUT2D eigenvalue weighted by molar-refractivity contribution is 0.100. The fourth-order valence-corrected chi connectivity index (χ4v) is 4.77. The van der Waals surface area contributed by atoms with Crippen LogP contribution in [-0.4, -0.2) is 64.1 Å². The molecule has 0 saturated carbocycles. The number of hydrogen-bond donors (Lipinski definition) is 3. The summed E-state index contributed by atoms with van der Waals surface area (Å²) in [7, 11) is 0. The normalized spacial score (nSPS) is 18.2. The van der Waals surface area contributed by atoms with Crippen molar-refractivity contribution < 1.29 is 20.1 Å². The van der Waals surface area contributed by atoms with Crippen LogP contribution in [0.3, 0.4) is 0 Å². The van der Waals surface area contributed by atoms with E-state index in [9.17, 15) is 15.3 Å². The molecule has 3 atom stereocenters. The van der Waals surface area contributed by atoms with Crippen molar-refractivity contribution in [3.05, 3.63) is 87.7 Å². The van der Waals surface area contributed by atoms with Crippen molar-refractivity contribution in [2.45, 2.75) is 31.8 Å². The van der Waals surface area contributed by atoms with Crippen molar-refractivity contribution in [1.82, 2.24) is 9.88 Å². The minimum atomic E-state index is -0.698. The van der Waals surface area contributed by atoms with Crippen LogP contribution >= 0.6 is 23.2 Å². The fraction of sp³-hybridized carbons (Fsp3) is 0.370. The highest BCUT2D eigenvalue weighted by atomic mass is 35.5. The van der Waals surface area contributed by atoms with Gasteiger partial charge in [-0.3, -0.25) is 9.88 Å². The highest BCUT2D eigenvalue weighted by molar-refractivity contribution is 6.33. The van der Waals surface area contributed by atoms with Gasteiger partial charge in [0.2, 0.25) is 0 Å². The van der Waals surface area contributed by atoms with Crippen LogP contribution in [-0.2, 0) is 6.61 Å². The summed E-state index contributed by atoms with van der Waals surface area (Å²) in [6, 6.07) is 16.9. The monoisotopic (exact) mass is 531 g/mol. The van der Waals surface area contributed by atoms with Crippen molar-refractivity contribution >= 4 is 28.9 Å². The Bertz CT molecular complexity index is 1130. The van der Waals surface area contributed by atoms with Gasteiger partial charge in [0, 0.05) is 49.0 Å². The summed E-state index contributed by atoms with van der Waals surface area (Å²) in [4.78, 5) is 8.68. The third kappa shape index (κ3) is 6.68. The van der Waals surface area contributed by atoms with E-state index in [-0.39, 0.29) is 19.3 Å². The summed E-state index contributed by atoms with van der Waals surface area (Å²) in [5.41, 5.74) is 3.28. The fourth-order valence-electron chi connectivity index (χ4n) is 4.37. The van der Waals surface area contributed by atoms with Crippen LogP contribution in [0.25, 0.3) is 0 Å². The molecular weight excluding hydrogens is 501 g/mol. The number of halogens is 2. The number of nitrogens with zero attached hydrogens (tertiary/aromatic N) is 3. The number of aromatic nitrogens is 1. The van der Waals surface area contributed by atoms with Gasteiger partial charge in [0.1, 0.15) is 12.4 Å². The SMILES string of the molecule is C[C@H](O)COc1ccc(N2CCN(C[C@@H](O)c3ccc(CO)nc3)C[C@H]2c2ccc(Cl)cc2)c(Cl)c1. The van der Waals surface area contributed by atoms with E-state index in [2.05, 4.69) is 14.8 Å². The van der Waals surface area contributed by atoms with Crippen molar-refractivity contribution in [3.8, 4) is 5.75 Å². The third-order valence-corrected chi connectivity index (χ3v) is 6.82. The first-order chi connectivity index (χ1) is 17.3. The van der Waals surface area contributed by atoms with Gasteiger partial charge in [-0.05, 0) is 42.8 Å². The van der Waals surface area contributed by atoms with Crippen LogP contribution in [0.1, 0.15) is 35.9 Å². The number of hydrogen-bond acceptors (Lipinski definition) is 7. The molecule has 1 fully saturated rings. The number of ether oxygens (including phenoxy) is 1. The molecule has 0 spiro atoms. The van der Waals surface area contributed by atoms with Gasteiger partial charge in [-0.1, -0.05) is 41.4 Å². The van der Waals surface area contributed by atoms with Gasteiger partial charge in [0.05, 0.1) is 41.3 Å². The maximum atomic E-state index is 10.8. The minimum absolute atomic E-state index is 0.0140. The number of aliphatic hydroxyl groups excluding tert-OH is 3. The van der Waals surface area contributed by atoms with Gasteiger partial charge < -0.3 is 25.0 Å². The van der Waals surface area contributed by atoms with Crippen LogP contribution in [0, 0.1) is 0 Å². The molecule has 1 saturated heterocycles. The molecule has 0 amide bonds. The summed E-state index contributed by atoms with van der Waals surface area (Å²) in [6.07, 6.45) is 0.352. The van der Waals surface area contributed by atoms with Crippen molar-refractivity contribution in [2.24, 2.45) is 0 Å². The summed E-state index contributed by atoms with van der Waals surface area (Å²) in [5.74, 6) is 0.607. The van der Waals surface area contributed by atoms with Gasteiger partial charge in [-0.25, -0.2) is 0 Å². The molecule has 4 rings (SSSR count). The van der Waals surface area contributed by atoms with E-state index in [0.717, 1.165) is 17.8 Å². The van der Waals surface area contributed by atoms with Gasteiger partial charge in [-0.15, -0.1) is 0 Å². The summed E-state index contributed by atoms with van der Waals surface area (Å²) in [5, 5.41) is 30.8. The van der Waals surface area contributed by atoms with Crippen molar-refractivity contribution in [3.63, 3.8) is 0 Å². The van der Waals surface area contributed by atoms with E-state index in [4.69, 9.17) is 27.9 Å². The zero-order valence-corrected chi connectivity index (χ0v) is 21.6. The maximum absolute atomic E-state index is 10.8. The average Bonchev–Trinajstić information content (AvgIpc) is 2.88. The lowest BCUT2D eigenvalue weighted by Gasteiger charge is -2.44. The Morgan fingerprint density at radius 3 is 2.47 bits per heavy atom. The Balaban J connectivity index is 1.53. The molecule has 3 aromatic rings. The third-order valence-electron chi connectivity index (χ3n) is 6.26. The molecule has 3 N–H and O–H groups in total. The molecule has 1 aliphatic heterocycles. The zero-order valence-electron chi connectivity index (χ0n) is 20.1. The number of pyridine rings is 1. The highest BCUT2D eigenvalue weighted by Gasteiger charge is 2.31. The standard InChI is InChI=1S/C27H31Cl2N3O4/c1-18(34)17-36-23-8-9-25(24(29)12-23)32-11-10-31(14-26(32)19-2-5-21(28)6-3-19)15-27(35)20-4-7-22(16-33)30-13-20/h2-9,12-13,18,26-27,33-35H,10-11,14-17H2,1H3/t18-,26-,27+/m0/s1. The van der Waals surface area contributed by atoms with Gasteiger partial charge in [0.25, 0.3) is 0 Å². The Labute approximate surface area is 221 Å². The molecule has 2 heterocycles. The molecule has 2 aromatic carbocycles. The van der Waals surface area contributed by atoms with E-state index in [1.54, 1.807) is 31.3 Å². The largest absolute Gasteiger partial charge is 0.491 e. The molecule has 0 aliphatic carbocycles. The molecule has 1 aromatic heterocycles. The zero-order chi connectivity index (χ0) is 25.7. The average molecular weight is 532 g/mol. The predicted octanol–water partition coefficient (Wildman–Crippen LogP) is 4.24. The maximum Gasteiger partial charge on any atom is 0.121 e. The summed E-state index contributed by atoms with van der Waals surface area (Å²) < 4.78 is 5.61. The lowest BCUT2D eigenvalue weighted by Crippen LogP contribution is -2.49. The van der Waals surface area contributed by atoms with E-state index < -0.39 is 12.2 Å². The second kappa shape index (κ2) is 12.2. The summed E-state index contributed by atoms with van der Waals surface area (Å²) >= 11 is 12.9. The molecule has 7 nitrogen and oxygen atoms in total. The molecule has 36 heavy (non-hydrogen) atoms. The van der Waals surface area contributed by atoms with Gasteiger partial charge >= 0.3 is 0 Å². The quantitative estimate of drug-likeness (QED) is 0.380. The number of rotatable bonds is 9. The Morgan fingerprint density at radius 2 is 1.83 bits per heavy atom. The number of aliphatic hydroxyl groups is 3. The Kier molecular flexibility index (Phi) is 9.06. The summed E-state index contributed by atoms with van der Waals surface area (Å²) in [6.45, 7) is 4.31. The van der Waals surface area contributed by atoms with Gasteiger partial charge in [0.15, 0.2) is 0 Å². The molecular formula is C27H31Cl2N3O4. The molecule has 9 heteroatoms. The highest BCUT2D eigenvalue weighted by Crippen LogP contribution is 2.37. The Hall–Kier alpha value is -2.39.